The number of rotatable bonds is 4. The summed E-state index contributed by atoms with van der Waals surface area (Å²) in [6, 6.07) is 14.6. The summed E-state index contributed by atoms with van der Waals surface area (Å²) in [4.78, 5) is 2.05. The lowest BCUT2D eigenvalue weighted by Crippen LogP contribution is -2.14. The normalized spacial score (nSPS) is 12.2. The number of nitrogens with two attached hydrogens (primary N) is 1. The van der Waals surface area contributed by atoms with Gasteiger partial charge in [0.1, 0.15) is 5.82 Å². The van der Waals surface area contributed by atoms with E-state index in [2.05, 4.69) is 17.0 Å². The molecule has 0 fully saturated rings. The lowest BCUT2D eigenvalue weighted by molar-refractivity contribution is 0.625. The molecule has 2 aromatic rings. The minimum atomic E-state index is -0.215. The van der Waals surface area contributed by atoms with Crippen molar-refractivity contribution >= 4 is 5.69 Å². The van der Waals surface area contributed by atoms with Crippen LogP contribution in [0.5, 0.6) is 0 Å². The molecule has 100 valence electrons. The Morgan fingerprint density at radius 2 is 1.58 bits per heavy atom. The molecule has 2 N–H and O–H groups in total. The van der Waals surface area contributed by atoms with Crippen LogP contribution < -0.4 is 10.6 Å². The quantitative estimate of drug-likeness (QED) is 0.913. The minimum absolute atomic E-state index is 0.0679. The monoisotopic (exact) mass is 258 g/mol. The third kappa shape index (κ3) is 3.55. The van der Waals surface area contributed by atoms with E-state index in [0.29, 0.717) is 6.42 Å². The Balaban J connectivity index is 2.07. The highest BCUT2D eigenvalue weighted by Crippen LogP contribution is 2.19. The summed E-state index contributed by atoms with van der Waals surface area (Å²) in [6.45, 7) is 0. The van der Waals surface area contributed by atoms with Gasteiger partial charge >= 0.3 is 0 Å². The molecule has 0 spiro atoms. The number of nitrogens with zero attached hydrogens (tertiary/aromatic N) is 1. The minimum Gasteiger partial charge on any atom is -0.378 e. The van der Waals surface area contributed by atoms with Gasteiger partial charge in [-0.2, -0.15) is 0 Å². The van der Waals surface area contributed by atoms with Crippen molar-refractivity contribution in [1.29, 1.82) is 0 Å². The first kappa shape index (κ1) is 13.6. The van der Waals surface area contributed by atoms with Crippen LogP contribution >= 0.6 is 0 Å². The summed E-state index contributed by atoms with van der Waals surface area (Å²) in [5.74, 6) is -0.215. The Morgan fingerprint density at radius 1 is 1.00 bits per heavy atom. The van der Waals surface area contributed by atoms with Crippen molar-refractivity contribution in [3.63, 3.8) is 0 Å². The van der Waals surface area contributed by atoms with Crippen LogP contribution in [0.2, 0.25) is 0 Å². The summed E-state index contributed by atoms with van der Waals surface area (Å²) in [6.07, 6.45) is 0.710. The molecule has 2 aromatic carbocycles. The molecule has 0 amide bonds. The second-order valence-electron chi connectivity index (χ2n) is 4.92. The molecule has 0 aliphatic carbocycles. The topological polar surface area (TPSA) is 29.3 Å². The second kappa shape index (κ2) is 5.85. The van der Waals surface area contributed by atoms with Crippen LogP contribution in [-0.4, -0.2) is 14.1 Å². The zero-order chi connectivity index (χ0) is 13.8. The van der Waals surface area contributed by atoms with Gasteiger partial charge in [0.15, 0.2) is 0 Å². The molecular formula is C16H19FN2. The van der Waals surface area contributed by atoms with Gasteiger partial charge in [0.05, 0.1) is 0 Å². The SMILES string of the molecule is CN(C)c1ccc(C(N)Cc2ccc(F)cc2)cc1. The summed E-state index contributed by atoms with van der Waals surface area (Å²) in [5, 5.41) is 0. The highest BCUT2D eigenvalue weighted by atomic mass is 19.1. The van der Waals surface area contributed by atoms with Crippen molar-refractivity contribution in [1.82, 2.24) is 0 Å². The van der Waals surface area contributed by atoms with Gasteiger partial charge in [-0.3, -0.25) is 0 Å². The fourth-order valence-corrected chi connectivity index (χ4v) is 2.01. The summed E-state index contributed by atoms with van der Waals surface area (Å²) in [5.41, 5.74) is 9.47. The first-order valence-electron chi connectivity index (χ1n) is 6.33. The van der Waals surface area contributed by atoms with Gasteiger partial charge in [-0.25, -0.2) is 4.39 Å². The molecule has 0 radical (unpaired) electrons. The van der Waals surface area contributed by atoms with E-state index in [1.54, 1.807) is 12.1 Å². The number of hydrogen-bond donors (Lipinski definition) is 1. The Bertz CT molecular complexity index is 517. The molecule has 0 bridgehead atoms. The summed E-state index contributed by atoms with van der Waals surface area (Å²) < 4.78 is 12.8. The zero-order valence-corrected chi connectivity index (χ0v) is 11.3. The largest absolute Gasteiger partial charge is 0.378 e. The van der Waals surface area contributed by atoms with Crippen molar-refractivity contribution in [3.8, 4) is 0 Å². The van der Waals surface area contributed by atoms with E-state index < -0.39 is 0 Å². The van der Waals surface area contributed by atoms with Crippen molar-refractivity contribution < 1.29 is 4.39 Å². The molecule has 3 heteroatoms. The van der Waals surface area contributed by atoms with Crippen LogP contribution in [0.3, 0.4) is 0 Å². The Kier molecular flexibility index (Phi) is 4.17. The number of halogens is 1. The van der Waals surface area contributed by atoms with Gasteiger partial charge < -0.3 is 10.6 Å². The van der Waals surface area contributed by atoms with Crippen LogP contribution in [0.25, 0.3) is 0 Å². The molecule has 2 rings (SSSR count). The molecule has 0 heterocycles. The third-order valence-electron chi connectivity index (χ3n) is 3.21. The summed E-state index contributed by atoms with van der Waals surface area (Å²) >= 11 is 0. The van der Waals surface area contributed by atoms with Crippen LogP contribution in [0.4, 0.5) is 10.1 Å². The fraction of sp³-hybridized carbons (Fsp3) is 0.250. The molecule has 0 saturated heterocycles. The maximum Gasteiger partial charge on any atom is 0.123 e. The van der Waals surface area contributed by atoms with Crippen LogP contribution in [-0.2, 0) is 6.42 Å². The van der Waals surface area contributed by atoms with Crippen molar-refractivity contribution in [2.45, 2.75) is 12.5 Å². The van der Waals surface area contributed by atoms with Gasteiger partial charge in [0.25, 0.3) is 0 Å². The van der Waals surface area contributed by atoms with Gasteiger partial charge in [-0.15, -0.1) is 0 Å². The highest BCUT2D eigenvalue weighted by Gasteiger charge is 2.07. The molecule has 0 aliphatic rings. The number of anilines is 1. The number of hydrogen-bond acceptors (Lipinski definition) is 2. The van der Waals surface area contributed by atoms with E-state index in [-0.39, 0.29) is 11.9 Å². The van der Waals surface area contributed by atoms with E-state index >= 15 is 0 Å². The van der Waals surface area contributed by atoms with E-state index in [1.165, 1.54) is 12.1 Å². The smallest absolute Gasteiger partial charge is 0.123 e. The Hall–Kier alpha value is -1.87. The lowest BCUT2D eigenvalue weighted by atomic mass is 9.99. The third-order valence-corrected chi connectivity index (χ3v) is 3.21. The first-order valence-corrected chi connectivity index (χ1v) is 6.33. The first-order chi connectivity index (χ1) is 9.06. The molecule has 0 aromatic heterocycles. The predicted octanol–water partition coefficient (Wildman–Crippen LogP) is 3.13. The second-order valence-corrected chi connectivity index (χ2v) is 4.92. The van der Waals surface area contributed by atoms with Gasteiger partial charge in [0, 0.05) is 25.8 Å². The van der Waals surface area contributed by atoms with Crippen LogP contribution in [0.15, 0.2) is 48.5 Å². The molecule has 1 atom stereocenters. The van der Waals surface area contributed by atoms with Crippen molar-refractivity contribution in [2.24, 2.45) is 5.73 Å². The Morgan fingerprint density at radius 3 is 2.11 bits per heavy atom. The highest BCUT2D eigenvalue weighted by molar-refractivity contribution is 5.46. The number of benzene rings is 2. The maximum absolute atomic E-state index is 12.8. The fourth-order valence-electron chi connectivity index (χ4n) is 2.01. The predicted molar refractivity (Wildman–Crippen MR) is 77.8 cm³/mol. The lowest BCUT2D eigenvalue weighted by Gasteiger charge is -2.16. The summed E-state index contributed by atoms with van der Waals surface area (Å²) in [7, 11) is 4.01. The molecule has 2 nitrogen and oxygen atoms in total. The van der Waals surface area contributed by atoms with E-state index in [9.17, 15) is 4.39 Å². The molecule has 0 saturated carbocycles. The van der Waals surface area contributed by atoms with Crippen molar-refractivity contribution in [2.75, 3.05) is 19.0 Å². The van der Waals surface area contributed by atoms with Crippen LogP contribution in [0, 0.1) is 5.82 Å². The standard InChI is InChI=1S/C16H19FN2/c1-19(2)15-9-5-13(6-10-15)16(18)11-12-3-7-14(17)8-4-12/h3-10,16H,11,18H2,1-2H3. The van der Waals surface area contributed by atoms with Crippen LogP contribution in [0.1, 0.15) is 17.2 Å². The molecule has 19 heavy (non-hydrogen) atoms. The maximum atomic E-state index is 12.8. The van der Waals surface area contributed by atoms with Gasteiger partial charge in [-0.1, -0.05) is 24.3 Å². The molecular weight excluding hydrogens is 239 g/mol. The van der Waals surface area contributed by atoms with E-state index in [4.69, 9.17) is 5.73 Å². The zero-order valence-electron chi connectivity index (χ0n) is 11.3. The Labute approximate surface area is 113 Å². The van der Waals surface area contributed by atoms with E-state index in [1.807, 2.05) is 26.2 Å². The average molecular weight is 258 g/mol. The average Bonchev–Trinajstić information content (AvgIpc) is 2.41. The molecule has 1 unspecified atom stereocenters. The van der Waals surface area contributed by atoms with Crippen molar-refractivity contribution in [3.05, 3.63) is 65.5 Å². The van der Waals surface area contributed by atoms with E-state index in [0.717, 1.165) is 16.8 Å². The molecule has 0 aliphatic heterocycles. The van der Waals surface area contributed by atoms with Gasteiger partial charge in [-0.05, 0) is 41.8 Å². The van der Waals surface area contributed by atoms with Gasteiger partial charge in [0.2, 0.25) is 0 Å².